The monoisotopic (exact) mass is 395 g/mol. The van der Waals surface area contributed by atoms with E-state index < -0.39 is 0 Å². The maximum absolute atomic E-state index is 10.6. The van der Waals surface area contributed by atoms with Crippen molar-refractivity contribution in [1.29, 1.82) is 5.41 Å². The second-order valence-corrected chi connectivity index (χ2v) is 8.16. The lowest BCUT2D eigenvalue weighted by Crippen LogP contribution is -2.21. The fourth-order valence-electron chi connectivity index (χ4n) is 5.16. The number of anilines is 2. The van der Waals surface area contributed by atoms with Gasteiger partial charge in [0, 0.05) is 10.8 Å². The van der Waals surface area contributed by atoms with Crippen molar-refractivity contribution in [2.45, 2.75) is 25.7 Å². The van der Waals surface area contributed by atoms with E-state index in [1.54, 1.807) is 12.1 Å². The molecule has 2 aliphatic rings. The third-order valence-electron chi connectivity index (χ3n) is 6.44. The minimum atomic E-state index is -0.00185. The van der Waals surface area contributed by atoms with Gasteiger partial charge in [0.1, 0.15) is 11.5 Å². The predicted octanol–water partition coefficient (Wildman–Crippen LogP) is 5.06. The highest BCUT2D eigenvalue weighted by atomic mass is 16.3. The predicted molar refractivity (Wildman–Crippen MR) is 121 cm³/mol. The van der Waals surface area contributed by atoms with E-state index in [0.717, 1.165) is 47.6 Å². The van der Waals surface area contributed by atoms with Crippen molar-refractivity contribution in [3.8, 4) is 11.5 Å². The molecular weight excluding hydrogens is 374 g/mol. The molecule has 30 heavy (non-hydrogen) atoms. The van der Waals surface area contributed by atoms with E-state index in [4.69, 9.17) is 5.41 Å². The maximum atomic E-state index is 10.6. The van der Waals surface area contributed by atoms with Gasteiger partial charge in [0.25, 0.3) is 0 Å². The molecule has 0 fully saturated rings. The molecule has 4 aromatic carbocycles. The summed E-state index contributed by atoms with van der Waals surface area (Å²) in [6.07, 6.45) is 3.79. The molecule has 0 heterocycles. The summed E-state index contributed by atoms with van der Waals surface area (Å²) >= 11 is 0. The summed E-state index contributed by atoms with van der Waals surface area (Å²) in [5.41, 5.74) is 5.87. The Labute approximate surface area is 173 Å². The SMILES string of the molecule is N=C(Nc1c(O)cc2c3c(cccc13)CC2)Nc1c(O)cc2c3c(cccc13)CC2. The van der Waals surface area contributed by atoms with Gasteiger partial charge in [0.15, 0.2) is 5.96 Å². The van der Waals surface area contributed by atoms with Crippen molar-refractivity contribution in [3.63, 3.8) is 0 Å². The topological polar surface area (TPSA) is 88.4 Å². The first-order valence-corrected chi connectivity index (χ1v) is 10.3. The molecule has 4 aromatic rings. The number of hydrogen-bond acceptors (Lipinski definition) is 3. The van der Waals surface area contributed by atoms with Crippen molar-refractivity contribution in [1.82, 2.24) is 0 Å². The Bertz CT molecular complexity index is 1290. The zero-order valence-electron chi connectivity index (χ0n) is 16.3. The number of phenols is 2. The maximum Gasteiger partial charge on any atom is 0.197 e. The molecular formula is C25H21N3O2. The molecule has 5 heteroatoms. The van der Waals surface area contributed by atoms with Crippen molar-refractivity contribution < 1.29 is 10.2 Å². The van der Waals surface area contributed by atoms with Crippen LogP contribution < -0.4 is 10.6 Å². The molecule has 5 nitrogen and oxygen atoms in total. The molecule has 5 N–H and O–H groups in total. The van der Waals surface area contributed by atoms with Crippen molar-refractivity contribution >= 4 is 38.9 Å². The zero-order valence-corrected chi connectivity index (χ0v) is 16.3. The van der Waals surface area contributed by atoms with E-state index in [9.17, 15) is 10.2 Å². The van der Waals surface area contributed by atoms with Crippen LogP contribution >= 0.6 is 0 Å². The van der Waals surface area contributed by atoms with Crippen LogP contribution in [0.3, 0.4) is 0 Å². The molecule has 0 unspecified atom stereocenters. The number of phenolic OH excluding ortho intramolecular Hbond substituents is 2. The number of aryl methyl sites for hydroxylation is 4. The summed E-state index contributed by atoms with van der Waals surface area (Å²) in [7, 11) is 0. The second kappa shape index (κ2) is 6.13. The molecule has 0 spiro atoms. The molecule has 6 rings (SSSR count). The smallest absolute Gasteiger partial charge is 0.197 e. The van der Waals surface area contributed by atoms with E-state index in [-0.39, 0.29) is 17.5 Å². The van der Waals surface area contributed by atoms with Crippen LogP contribution in [0.15, 0.2) is 48.5 Å². The largest absolute Gasteiger partial charge is 0.506 e. The highest BCUT2D eigenvalue weighted by Crippen LogP contribution is 2.42. The van der Waals surface area contributed by atoms with Crippen LogP contribution in [0, 0.1) is 5.41 Å². The summed E-state index contributed by atoms with van der Waals surface area (Å²) in [6, 6.07) is 15.8. The molecule has 0 bridgehead atoms. The summed E-state index contributed by atoms with van der Waals surface area (Å²) in [5.74, 6) is 0.262. The van der Waals surface area contributed by atoms with Crippen LogP contribution in [-0.4, -0.2) is 16.2 Å². The Morgan fingerprint density at radius 2 is 1.10 bits per heavy atom. The Hall–Kier alpha value is -3.73. The van der Waals surface area contributed by atoms with Gasteiger partial charge in [-0.15, -0.1) is 0 Å². The molecule has 0 aromatic heterocycles. The Kier molecular flexibility index (Phi) is 3.51. The van der Waals surface area contributed by atoms with Gasteiger partial charge in [-0.05, 0) is 70.8 Å². The van der Waals surface area contributed by atoms with E-state index in [1.165, 1.54) is 21.9 Å². The first-order valence-electron chi connectivity index (χ1n) is 10.3. The third kappa shape index (κ3) is 2.38. The summed E-state index contributed by atoms with van der Waals surface area (Å²) in [5, 5.41) is 40.0. The van der Waals surface area contributed by atoms with Crippen LogP contribution in [-0.2, 0) is 25.7 Å². The summed E-state index contributed by atoms with van der Waals surface area (Å²) in [6.45, 7) is 0. The Morgan fingerprint density at radius 1 is 0.667 bits per heavy atom. The van der Waals surface area contributed by atoms with Crippen molar-refractivity contribution in [2.75, 3.05) is 10.6 Å². The van der Waals surface area contributed by atoms with Gasteiger partial charge >= 0.3 is 0 Å². The number of nitrogens with one attached hydrogen (secondary N) is 3. The molecule has 0 aliphatic heterocycles. The lowest BCUT2D eigenvalue weighted by atomic mass is 10.0. The van der Waals surface area contributed by atoms with Gasteiger partial charge in [0.2, 0.25) is 0 Å². The minimum absolute atomic E-state index is 0.00185. The standard InChI is InChI=1S/C25H21N3O2/c26-25(27-23-17-5-1-3-13-7-9-15(21(13)17)11-19(23)29)28-24-18-6-2-4-14-8-10-16(22(14)18)12-20(24)30/h1-6,11-12,29-30H,7-10H2,(H3,26,27,28). The number of hydrogen-bond donors (Lipinski definition) is 5. The van der Waals surface area contributed by atoms with Gasteiger partial charge in [0.05, 0.1) is 11.4 Å². The number of benzene rings is 4. The normalized spacial score (nSPS) is 13.9. The van der Waals surface area contributed by atoms with Crippen LogP contribution in [0.4, 0.5) is 11.4 Å². The Morgan fingerprint density at radius 3 is 1.57 bits per heavy atom. The average molecular weight is 395 g/mol. The fourth-order valence-corrected chi connectivity index (χ4v) is 5.16. The van der Waals surface area contributed by atoms with Gasteiger partial charge < -0.3 is 20.8 Å². The molecule has 0 amide bonds. The van der Waals surface area contributed by atoms with E-state index in [1.807, 2.05) is 24.3 Å². The second-order valence-electron chi connectivity index (χ2n) is 8.16. The average Bonchev–Trinajstić information content (AvgIpc) is 3.34. The first-order chi connectivity index (χ1) is 14.6. The van der Waals surface area contributed by atoms with Crippen LogP contribution in [0.5, 0.6) is 11.5 Å². The fraction of sp³-hybridized carbons (Fsp3) is 0.160. The summed E-state index contributed by atoms with van der Waals surface area (Å²) in [4.78, 5) is 0. The molecule has 0 radical (unpaired) electrons. The van der Waals surface area contributed by atoms with Crippen molar-refractivity contribution in [3.05, 3.63) is 70.8 Å². The van der Waals surface area contributed by atoms with Gasteiger partial charge in [-0.1, -0.05) is 36.4 Å². The molecule has 0 saturated heterocycles. The van der Waals surface area contributed by atoms with Crippen LogP contribution in [0.25, 0.3) is 21.5 Å². The minimum Gasteiger partial charge on any atom is -0.506 e. The third-order valence-corrected chi connectivity index (χ3v) is 6.44. The van der Waals surface area contributed by atoms with Gasteiger partial charge in [-0.3, -0.25) is 5.41 Å². The zero-order chi connectivity index (χ0) is 20.4. The lowest BCUT2D eigenvalue weighted by molar-refractivity contribution is 0.478. The van der Waals surface area contributed by atoms with E-state index in [0.29, 0.717) is 11.4 Å². The number of rotatable bonds is 2. The lowest BCUT2D eigenvalue weighted by Gasteiger charge is -2.17. The van der Waals surface area contributed by atoms with Crippen molar-refractivity contribution in [2.24, 2.45) is 0 Å². The number of aromatic hydroxyl groups is 2. The van der Waals surface area contributed by atoms with Crippen LogP contribution in [0.1, 0.15) is 22.3 Å². The van der Waals surface area contributed by atoms with Gasteiger partial charge in [-0.25, -0.2) is 0 Å². The van der Waals surface area contributed by atoms with E-state index in [2.05, 4.69) is 22.8 Å². The summed E-state index contributed by atoms with van der Waals surface area (Å²) < 4.78 is 0. The van der Waals surface area contributed by atoms with Crippen LogP contribution in [0.2, 0.25) is 0 Å². The first kappa shape index (κ1) is 17.2. The molecule has 148 valence electrons. The quantitative estimate of drug-likeness (QED) is 0.186. The molecule has 0 atom stereocenters. The Balaban J connectivity index is 1.40. The molecule has 2 aliphatic carbocycles. The highest BCUT2D eigenvalue weighted by Gasteiger charge is 2.22. The van der Waals surface area contributed by atoms with Gasteiger partial charge in [-0.2, -0.15) is 0 Å². The van der Waals surface area contributed by atoms with E-state index >= 15 is 0 Å². The number of guanidine groups is 1. The highest BCUT2D eigenvalue weighted by molar-refractivity contribution is 6.14. The molecule has 0 saturated carbocycles.